The van der Waals surface area contributed by atoms with Gasteiger partial charge in [0, 0.05) is 49.2 Å². The van der Waals surface area contributed by atoms with Crippen LogP contribution in [0.1, 0.15) is 46.1 Å². The fourth-order valence-corrected chi connectivity index (χ4v) is 6.97. The third-order valence-electron chi connectivity index (χ3n) is 7.30. The topological polar surface area (TPSA) is 99.7 Å². The van der Waals surface area contributed by atoms with Gasteiger partial charge < -0.3 is 9.80 Å². The lowest BCUT2D eigenvalue weighted by Gasteiger charge is -2.36. The SMILES string of the molecule is O=C(C1=CCCC(P)C1F)N1CCN(C(=O)c2ccc(NS(=O)(=O)C3CC=Cc4cccnc43)c(F)c2)CC1. The minimum Gasteiger partial charge on any atom is -0.335 e. The van der Waals surface area contributed by atoms with Gasteiger partial charge in [-0.2, -0.15) is 0 Å². The Kier molecular flexibility index (Phi) is 7.82. The van der Waals surface area contributed by atoms with Crippen molar-refractivity contribution in [2.24, 2.45) is 0 Å². The first-order valence-corrected chi connectivity index (χ1v) is 15.0. The van der Waals surface area contributed by atoms with Gasteiger partial charge in [-0.3, -0.25) is 19.3 Å². The van der Waals surface area contributed by atoms with Crippen LogP contribution in [0.2, 0.25) is 0 Å². The first kappa shape index (κ1) is 27.4. The third-order valence-corrected chi connectivity index (χ3v) is 9.65. The number of nitrogens with zero attached hydrogens (tertiary/aromatic N) is 3. The minimum atomic E-state index is -4.03. The van der Waals surface area contributed by atoms with Gasteiger partial charge in [0.05, 0.1) is 11.4 Å². The monoisotopic (exact) mass is 574 g/mol. The molecule has 5 rings (SSSR count). The Morgan fingerprint density at radius 3 is 2.51 bits per heavy atom. The molecule has 2 aromatic rings. The second kappa shape index (κ2) is 11.1. The molecule has 4 atom stereocenters. The number of hydrogen-bond donors (Lipinski definition) is 1. The Morgan fingerprint density at radius 1 is 1.08 bits per heavy atom. The molecule has 0 radical (unpaired) electrons. The number of allylic oxidation sites excluding steroid dienone is 2. The van der Waals surface area contributed by atoms with Gasteiger partial charge in [-0.1, -0.05) is 24.3 Å². The van der Waals surface area contributed by atoms with Gasteiger partial charge in [0.15, 0.2) is 0 Å². The molecule has 2 aliphatic carbocycles. The number of carbonyl (C=O) groups excluding carboxylic acids is 2. The Labute approximate surface area is 228 Å². The number of fused-ring (bicyclic) bond motifs is 1. The molecular weight excluding hydrogens is 545 g/mol. The van der Waals surface area contributed by atoms with Gasteiger partial charge in [0.1, 0.15) is 17.2 Å². The molecule has 2 heterocycles. The molecule has 4 unspecified atom stereocenters. The maximum atomic E-state index is 15.0. The molecular formula is C27H29F2N4O4PS. The molecule has 0 bridgehead atoms. The highest BCUT2D eigenvalue weighted by Gasteiger charge is 2.34. The quantitative estimate of drug-likeness (QED) is 0.549. The highest BCUT2D eigenvalue weighted by atomic mass is 32.2. The Morgan fingerprint density at radius 2 is 1.79 bits per heavy atom. The number of amides is 2. The van der Waals surface area contributed by atoms with Crippen LogP contribution in [0.25, 0.3) is 6.08 Å². The van der Waals surface area contributed by atoms with Crippen molar-refractivity contribution in [2.45, 2.75) is 36.3 Å². The van der Waals surface area contributed by atoms with Crippen LogP contribution >= 0.6 is 9.24 Å². The summed E-state index contributed by atoms with van der Waals surface area (Å²) in [7, 11) is -1.57. The molecule has 1 saturated heterocycles. The summed E-state index contributed by atoms with van der Waals surface area (Å²) in [6.45, 7) is 0.914. The highest BCUT2D eigenvalue weighted by molar-refractivity contribution is 7.93. The number of alkyl halides is 1. The second-order valence-corrected chi connectivity index (χ2v) is 12.6. The van der Waals surface area contributed by atoms with E-state index < -0.39 is 33.2 Å². The van der Waals surface area contributed by atoms with Crippen molar-refractivity contribution in [3.8, 4) is 0 Å². The number of piperazine rings is 1. The van der Waals surface area contributed by atoms with Crippen molar-refractivity contribution >= 4 is 42.8 Å². The van der Waals surface area contributed by atoms with Crippen LogP contribution in [0.3, 0.4) is 0 Å². The molecule has 1 aromatic heterocycles. The molecule has 206 valence electrons. The predicted molar refractivity (Wildman–Crippen MR) is 148 cm³/mol. The van der Waals surface area contributed by atoms with Gasteiger partial charge >= 0.3 is 0 Å². The lowest BCUT2D eigenvalue weighted by Crippen LogP contribution is -2.51. The number of halogens is 2. The van der Waals surface area contributed by atoms with E-state index in [0.29, 0.717) is 24.1 Å². The first-order valence-electron chi connectivity index (χ1n) is 12.8. The predicted octanol–water partition coefficient (Wildman–Crippen LogP) is 3.71. The van der Waals surface area contributed by atoms with Crippen molar-refractivity contribution in [3.63, 3.8) is 0 Å². The number of rotatable bonds is 5. The molecule has 0 saturated carbocycles. The molecule has 39 heavy (non-hydrogen) atoms. The van der Waals surface area contributed by atoms with Crippen molar-refractivity contribution in [1.82, 2.24) is 14.8 Å². The Balaban J connectivity index is 1.22. The summed E-state index contributed by atoms with van der Waals surface area (Å²) in [6.07, 6.45) is 6.91. The van der Waals surface area contributed by atoms with Crippen molar-refractivity contribution in [2.75, 3.05) is 30.9 Å². The van der Waals surface area contributed by atoms with E-state index in [1.165, 1.54) is 28.1 Å². The molecule has 12 heteroatoms. The zero-order valence-electron chi connectivity index (χ0n) is 21.1. The lowest BCUT2D eigenvalue weighted by molar-refractivity contribution is -0.129. The normalized spacial score (nSPS) is 23.2. The molecule has 3 aliphatic rings. The number of benzene rings is 1. The van der Waals surface area contributed by atoms with Gasteiger partial charge in [-0.05, 0) is 49.1 Å². The van der Waals surface area contributed by atoms with Gasteiger partial charge in [0.25, 0.3) is 11.8 Å². The summed E-state index contributed by atoms with van der Waals surface area (Å²) in [5.41, 5.74) is 0.773. The van der Waals surface area contributed by atoms with Gasteiger partial charge in [0.2, 0.25) is 10.0 Å². The van der Waals surface area contributed by atoms with E-state index in [-0.39, 0.29) is 61.0 Å². The third kappa shape index (κ3) is 5.61. The van der Waals surface area contributed by atoms with Crippen LogP contribution in [0.15, 0.2) is 54.3 Å². The molecule has 1 aromatic carbocycles. The summed E-state index contributed by atoms with van der Waals surface area (Å²) >= 11 is 0. The van der Waals surface area contributed by atoms with Gasteiger partial charge in [-0.25, -0.2) is 17.2 Å². The van der Waals surface area contributed by atoms with Crippen molar-refractivity contribution < 1.29 is 26.8 Å². The fourth-order valence-electron chi connectivity index (χ4n) is 5.10. The highest BCUT2D eigenvalue weighted by Crippen LogP contribution is 2.34. The molecule has 1 aliphatic heterocycles. The fraction of sp³-hybridized carbons (Fsp3) is 0.370. The van der Waals surface area contributed by atoms with Crippen LogP contribution in [0.5, 0.6) is 0 Å². The van der Waals surface area contributed by atoms with E-state index in [4.69, 9.17) is 0 Å². The number of nitrogens with one attached hydrogen (secondary N) is 1. The summed E-state index contributed by atoms with van der Waals surface area (Å²) in [4.78, 5) is 33.1. The van der Waals surface area contributed by atoms with Crippen molar-refractivity contribution in [3.05, 3.63) is 76.9 Å². The van der Waals surface area contributed by atoms with E-state index >= 15 is 0 Å². The standard InChI is InChI=1S/C27H29F2N4O4PS/c28-20-16-18(9-10-21(20)31-39(36,37)23-8-1-4-17-5-3-11-30-25(17)23)26(34)32-12-14-33(15-13-32)27(35)19-6-2-7-22(38)24(19)29/h1,3-6,9-11,16,22-24,31H,2,7-8,12-15,38H2. The molecule has 1 fully saturated rings. The Bertz CT molecular complexity index is 1460. The smallest absolute Gasteiger partial charge is 0.254 e. The van der Waals surface area contributed by atoms with Crippen LogP contribution in [-0.2, 0) is 14.8 Å². The first-order chi connectivity index (χ1) is 18.7. The number of carbonyl (C=O) groups is 2. The number of anilines is 1. The molecule has 0 spiro atoms. The van der Waals surface area contributed by atoms with Crippen LogP contribution in [0, 0.1) is 5.82 Å². The van der Waals surface area contributed by atoms with Crippen LogP contribution in [-0.4, -0.2) is 73.0 Å². The lowest BCUT2D eigenvalue weighted by atomic mass is 9.95. The zero-order chi connectivity index (χ0) is 27.7. The average molecular weight is 575 g/mol. The zero-order valence-corrected chi connectivity index (χ0v) is 23.1. The number of pyridine rings is 1. The Hall–Kier alpha value is -3.17. The summed E-state index contributed by atoms with van der Waals surface area (Å²) in [5.74, 6) is -1.66. The minimum absolute atomic E-state index is 0.0625. The van der Waals surface area contributed by atoms with Crippen LogP contribution < -0.4 is 4.72 Å². The van der Waals surface area contributed by atoms with E-state index in [2.05, 4.69) is 18.9 Å². The number of aromatic nitrogens is 1. The van der Waals surface area contributed by atoms with E-state index in [1.807, 2.05) is 0 Å². The van der Waals surface area contributed by atoms with Crippen LogP contribution in [0.4, 0.5) is 14.5 Å². The van der Waals surface area contributed by atoms with Crippen molar-refractivity contribution in [1.29, 1.82) is 0 Å². The number of sulfonamides is 1. The molecule has 8 nitrogen and oxygen atoms in total. The van der Waals surface area contributed by atoms with E-state index in [9.17, 15) is 26.8 Å². The summed E-state index contributed by atoms with van der Waals surface area (Å²) in [5, 5.41) is -0.975. The summed E-state index contributed by atoms with van der Waals surface area (Å²) in [6, 6.07) is 7.08. The molecule has 1 N–H and O–H groups in total. The largest absolute Gasteiger partial charge is 0.335 e. The maximum absolute atomic E-state index is 15.0. The molecule has 2 amide bonds. The number of hydrogen-bond acceptors (Lipinski definition) is 5. The second-order valence-electron chi connectivity index (χ2n) is 9.83. The van der Waals surface area contributed by atoms with E-state index in [0.717, 1.165) is 6.07 Å². The van der Waals surface area contributed by atoms with E-state index in [1.54, 1.807) is 30.4 Å². The summed E-state index contributed by atoms with van der Waals surface area (Å²) < 4.78 is 58.0. The maximum Gasteiger partial charge on any atom is 0.254 e. The van der Waals surface area contributed by atoms with Gasteiger partial charge in [-0.15, -0.1) is 9.24 Å². The average Bonchev–Trinajstić information content (AvgIpc) is 2.94.